The number of hydrogen-bond acceptors (Lipinski definition) is 5. The molecular weight excluding hydrogens is 386 g/mol. The van der Waals surface area contributed by atoms with Gasteiger partial charge in [-0.15, -0.1) is 22.7 Å². The van der Waals surface area contributed by atoms with E-state index in [1.54, 1.807) is 30.3 Å². The first kappa shape index (κ1) is 16.2. The molecule has 1 aromatic carbocycles. The highest BCUT2D eigenvalue weighted by Gasteiger charge is 2.33. The third-order valence-corrected chi connectivity index (χ3v) is 7.96. The zero-order chi connectivity index (χ0) is 18.8. The van der Waals surface area contributed by atoms with Crippen LogP contribution in [0.15, 0.2) is 70.8 Å². The number of allylic oxidation sites excluding steroid dienone is 5. The molecular formula is C23H15NO2S2. The molecule has 6 rings (SSSR count). The number of fused-ring (bicyclic) bond motifs is 4. The Morgan fingerprint density at radius 1 is 0.964 bits per heavy atom. The lowest BCUT2D eigenvalue weighted by atomic mass is 10.1. The van der Waals surface area contributed by atoms with Gasteiger partial charge in [0.15, 0.2) is 11.6 Å². The van der Waals surface area contributed by atoms with Crippen molar-refractivity contribution in [2.75, 3.05) is 0 Å². The van der Waals surface area contributed by atoms with Crippen LogP contribution in [0.2, 0.25) is 0 Å². The van der Waals surface area contributed by atoms with Crippen LogP contribution in [-0.4, -0.2) is 16.5 Å². The minimum Gasteiger partial charge on any atom is -0.365 e. The maximum absolute atomic E-state index is 12.6. The summed E-state index contributed by atoms with van der Waals surface area (Å²) >= 11 is 3.73. The lowest BCUT2D eigenvalue weighted by Gasteiger charge is -2.19. The van der Waals surface area contributed by atoms with Gasteiger partial charge < -0.3 is 4.90 Å². The Hall–Kier alpha value is -2.76. The predicted octanol–water partition coefficient (Wildman–Crippen LogP) is 5.50. The van der Waals surface area contributed by atoms with Crippen LogP contribution in [0.5, 0.6) is 0 Å². The molecule has 0 N–H and O–H groups in total. The highest BCUT2D eigenvalue weighted by Crippen LogP contribution is 2.42. The molecule has 0 spiro atoms. The van der Waals surface area contributed by atoms with Crippen molar-refractivity contribution in [3.05, 3.63) is 92.4 Å². The van der Waals surface area contributed by atoms with Gasteiger partial charge in [-0.3, -0.25) is 9.59 Å². The van der Waals surface area contributed by atoms with Crippen LogP contribution in [0.25, 0.3) is 9.40 Å². The van der Waals surface area contributed by atoms with Crippen LogP contribution in [0.1, 0.15) is 37.6 Å². The summed E-state index contributed by atoms with van der Waals surface area (Å²) in [6.07, 6.45) is 6.73. The number of nitrogens with zero attached hydrogens (tertiary/aromatic N) is 1. The van der Waals surface area contributed by atoms with E-state index in [1.807, 2.05) is 28.7 Å². The highest BCUT2D eigenvalue weighted by molar-refractivity contribution is 7.27. The topological polar surface area (TPSA) is 37.4 Å². The van der Waals surface area contributed by atoms with Gasteiger partial charge in [-0.05, 0) is 29.2 Å². The second-order valence-electron chi connectivity index (χ2n) is 7.31. The summed E-state index contributed by atoms with van der Waals surface area (Å²) in [5.74, 6) is -0.309. The molecule has 3 heterocycles. The van der Waals surface area contributed by atoms with Gasteiger partial charge in [0.2, 0.25) is 0 Å². The molecule has 1 aliphatic heterocycles. The number of Topliss-reactive ketones (excluding diaryl/α,β-unsaturated/α-hetero) is 2. The van der Waals surface area contributed by atoms with Crippen molar-refractivity contribution in [1.82, 2.24) is 4.90 Å². The van der Waals surface area contributed by atoms with Gasteiger partial charge in [0.25, 0.3) is 0 Å². The smallest absolute Gasteiger partial charge is 0.197 e. The summed E-state index contributed by atoms with van der Waals surface area (Å²) in [7, 11) is 0. The molecule has 5 heteroatoms. The van der Waals surface area contributed by atoms with E-state index in [4.69, 9.17) is 0 Å². The molecule has 0 saturated heterocycles. The van der Waals surface area contributed by atoms with E-state index in [0.717, 1.165) is 25.1 Å². The Balaban J connectivity index is 1.21. The lowest BCUT2D eigenvalue weighted by Crippen LogP contribution is -2.14. The Labute approximate surface area is 169 Å². The minimum absolute atomic E-state index is 0.154. The van der Waals surface area contributed by atoms with Crippen molar-refractivity contribution in [3.63, 3.8) is 0 Å². The SMILES string of the molecule is O=C1C(=CC2=CC=C(N3Cc4sc5ccsc5c4C3)C2)C(=O)c2ccccc21. The van der Waals surface area contributed by atoms with Crippen LogP contribution in [-0.2, 0) is 13.1 Å². The Morgan fingerprint density at radius 3 is 2.54 bits per heavy atom. The van der Waals surface area contributed by atoms with Gasteiger partial charge in [0.05, 0.1) is 16.8 Å². The third kappa shape index (κ3) is 2.26. The zero-order valence-corrected chi connectivity index (χ0v) is 16.5. The number of benzene rings is 1. The van der Waals surface area contributed by atoms with Gasteiger partial charge in [-0.2, -0.15) is 0 Å². The summed E-state index contributed by atoms with van der Waals surface area (Å²) < 4.78 is 2.83. The van der Waals surface area contributed by atoms with E-state index in [9.17, 15) is 9.59 Å². The molecule has 0 radical (unpaired) electrons. The maximum atomic E-state index is 12.6. The molecule has 0 atom stereocenters. The molecule has 28 heavy (non-hydrogen) atoms. The first-order valence-electron chi connectivity index (χ1n) is 9.21. The minimum atomic E-state index is -0.154. The van der Waals surface area contributed by atoms with Crippen LogP contribution in [0, 0.1) is 0 Å². The van der Waals surface area contributed by atoms with Crippen molar-refractivity contribution in [3.8, 4) is 0 Å². The van der Waals surface area contributed by atoms with E-state index in [2.05, 4.69) is 22.4 Å². The van der Waals surface area contributed by atoms with Crippen LogP contribution < -0.4 is 0 Å². The molecule has 0 fully saturated rings. The number of hydrogen-bond donors (Lipinski definition) is 0. The van der Waals surface area contributed by atoms with Crippen LogP contribution in [0.4, 0.5) is 0 Å². The number of carbonyl (C=O) groups is 2. The van der Waals surface area contributed by atoms with Gasteiger partial charge >= 0.3 is 0 Å². The quantitative estimate of drug-likeness (QED) is 0.420. The fraction of sp³-hybridized carbons (Fsp3) is 0.130. The van der Waals surface area contributed by atoms with Crippen molar-refractivity contribution >= 4 is 43.6 Å². The number of carbonyl (C=O) groups excluding carboxylic acids is 2. The second kappa shape index (κ2) is 5.87. The van der Waals surface area contributed by atoms with E-state index in [0.29, 0.717) is 16.7 Å². The predicted molar refractivity (Wildman–Crippen MR) is 113 cm³/mol. The van der Waals surface area contributed by atoms with E-state index in [-0.39, 0.29) is 11.6 Å². The van der Waals surface area contributed by atoms with Gasteiger partial charge in [-0.1, -0.05) is 30.3 Å². The number of ketones is 2. The Kier molecular flexibility index (Phi) is 3.40. The van der Waals surface area contributed by atoms with Crippen molar-refractivity contribution < 1.29 is 9.59 Å². The third-order valence-electron chi connectivity index (χ3n) is 5.67. The summed E-state index contributed by atoms with van der Waals surface area (Å²) in [5, 5.41) is 2.17. The molecule has 136 valence electrons. The molecule has 0 amide bonds. The van der Waals surface area contributed by atoms with Crippen LogP contribution in [0.3, 0.4) is 0 Å². The van der Waals surface area contributed by atoms with E-state index < -0.39 is 0 Å². The van der Waals surface area contributed by atoms with E-state index in [1.165, 1.54) is 25.5 Å². The second-order valence-corrected chi connectivity index (χ2v) is 9.36. The number of rotatable bonds is 2. The number of thiophene rings is 2. The molecule has 3 nitrogen and oxygen atoms in total. The fourth-order valence-corrected chi connectivity index (χ4v) is 6.67. The van der Waals surface area contributed by atoms with Crippen LogP contribution >= 0.6 is 22.7 Å². The summed E-state index contributed by atoms with van der Waals surface area (Å²) in [5.41, 5.74) is 5.09. The molecule has 2 aromatic heterocycles. The van der Waals surface area contributed by atoms with Crippen molar-refractivity contribution in [2.45, 2.75) is 19.5 Å². The Morgan fingerprint density at radius 2 is 1.75 bits per heavy atom. The molecule has 0 saturated carbocycles. The lowest BCUT2D eigenvalue weighted by molar-refractivity contribution is 0.0988. The fourth-order valence-electron chi connectivity index (χ4n) is 4.27. The molecule has 3 aromatic rings. The van der Waals surface area contributed by atoms with Gasteiger partial charge in [-0.25, -0.2) is 0 Å². The standard InChI is InChI=1S/C23H15NO2S2/c25-21-15-3-1-2-4-16(15)22(26)17(21)10-13-5-6-14(9-13)24-11-18-20(12-24)28-19-7-8-27-23(18)19/h1-8,10H,9,11-12H2. The first-order chi connectivity index (χ1) is 13.7. The zero-order valence-electron chi connectivity index (χ0n) is 14.9. The Bertz CT molecular complexity index is 1250. The van der Waals surface area contributed by atoms with Crippen molar-refractivity contribution in [1.29, 1.82) is 0 Å². The van der Waals surface area contributed by atoms with Gasteiger partial charge in [0, 0.05) is 44.9 Å². The van der Waals surface area contributed by atoms with Gasteiger partial charge in [0.1, 0.15) is 0 Å². The van der Waals surface area contributed by atoms with Crippen molar-refractivity contribution in [2.24, 2.45) is 0 Å². The maximum Gasteiger partial charge on any atom is 0.197 e. The largest absolute Gasteiger partial charge is 0.365 e. The van der Waals surface area contributed by atoms with E-state index >= 15 is 0 Å². The average molecular weight is 402 g/mol. The molecule has 0 unspecified atom stereocenters. The average Bonchev–Trinajstić information content (AvgIpc) is 3.48. The molecule has 3 aliphatic rings. The normalized spacial score (nSPS) is 18.0. The summed E-state index contributed by atoms with van der Waals surface area (Å²) in [6, 6.07) is 9.28. The molecule has 0 bridgehead atoms. The highest BCUT2D eigenvalue weighted by atomic mass is 32.1. The summed E-state index contributed by atoms with van der Waals surface area (Å²) in [4.78, 5) is 29.1. The first-order valence-corrected chi connectivity index (χ1v) is 10.9. The summed E-state index contributed by atoms with van der Waals surface area (Å²) in [6.45, 7) is 1.90. The molecule has 2 aliphatic carbocycles. The monoisotopic (exact) mass is 401 g/mol.